The first-order valence-corrected chi connectivity index (χ1v) is 8.92. The summed E-state index contributed by atoms with van der Waals surface area (Å²) in [5, 5.41) is 2.83. The monoisotopic (exact) mass is 364 g/mol. The van der Waals surface area contributed by atoms with Crippen molar-refractivity contribution in [1.29, 1.82) is 0 Å². The van der Waals surface area contributed by atoms with Gasteiger partial charge in [0.05, 0.1) is 19.1 Å². The average molecular weight is 364 g/mol. The molecule has 0 aromatic heterocycles. The van der Waals surface area contributed by atoms with Gasteiger partial charge in [0.1, 0.15) is 11.4 Å². The standard InChI is InChI=1S/C19H25FN2O4/c1-4-26-17(23)13-7-12-8-14(10-16(20)15(12)9-13)21-18(24)19(22(2)3)5-6-25-11-19/h8,10,13H,4-7,9,11H2,1-3H3,(H,21,24)/t13?,19-/m1/s1. The highest BCUT2D eigenvalue weighted by molar-refractivity contribution is 5.98. The lowest BCUT2D eigenvalue weighted by Crippen LogP contribution is -2.54. The quantitative estimate of drug-likeness (QED) is 0.807. The van der Waals surface area contributed by atoms with Crippen molar-refractivity contribution in [3.05, 3.63) is 29.1 Å². The van der Waals surface area contributed by atoms with Crippen LogP contribution >= 0.6 is 0 Å². The van der Waals surface area contributed by atoms with Crippen molar-refractivity contribution < 1.29 is 23.5 Å². The van der Waals surface area contributed by atoms with Crippen molar-refractivity contribution in [2.45, 2.75) is 31.7 Å². The summed E-state index contributed by atoms with van der Waals surface area (Å²) in [5.41, 5.74) is 0.944. The van der Waals surface area contributed by atoms with Gasteiger partial charge >= 0.3 is 5.97 Å². The number of hydrogen-bond donors (Lipinski definition) is 1. The molecule has 7 heteroatoms. The van der Waals surface area contributed by atoms with E-state index in [9.17, 15) is 14.0 Å². The smallest absolute Gasteiger partial charge is 0.309 e. The number of amides is 1. The topological polar surface area (TPSA) is 67.9 Å². The molecule has 1 saturated heterocycles. The first kappa shape index (κ1) is 18.8. The second kappa shape index (κ2) is 7.32. The van der Waals surface area contributed by atoms with Gasteiger partial charge in [0.15, 0.2) is 0 Å². The van der Waals surface area contributed by atoms with E-state index in [0.717, 1.165) is 5.56 Å². The molecule has 2 atom stereocenters. The number of esters is 1. The van der Waals surface area contributed by atoms with Crippen LogP contribution in [0.25, 0.3) is 0 Å². The summed E-state index contributed by atoms with van der Waals surface area (Å²) in [6, 6.07) is 3.08. The summed E-state index contributed by atoms with van der Waals surface area (Å²) in [4.78, 5) is 26.6. The van der Waals surface area contributed by atoms with Gasteiger partial charge in [-0.05, 0) is 57.1 Å². The zero-order valence-corrected chi connectivity index (χ0v) is 15.4. The maximum atomic E-state index is 14.5. The van der Waals surface area contributed by atoms with E-state index in [4.69, 9.17) is 9.47 Å². The van der Waals surface area contributed by atoms with Gasteiger partial charge in [-0.3, -0.25) is 14.5 Å². The molecule has 3 rings (SSSR count). The van der Waals surface area contributed by atoms with Crippen LogP contribution in [-0.4, -0.2) is 56.2 Å². The van der Waals surface area contributed by atoms with Gasteiger partial charge in [0.2, 0.25) is 5.91 Å². The molecule has 6 nitrogen and oxygen atoms in total. The number of benzene rings is 1. The number of carbonyl (C=O) groups is 2. The Kier molecular flexibility index (Phi) is 5.29. The lowest BCUT2D eigenvalue weighted by atomic mass is 9.95. The fraction of sp³-hybridized carbons (Fsp3) is 0.579. The average Bonchev–Trinajstić information content (AvgIpc) is 3.23. The number of rotatable bonds is 5. The summed E-state index contributed by atoms with van der Waals surface area (Å²) < 4.78 is 25.0. The Morgan fingerprint density at radius 3 is 2.77 bits per heavy atom. The number of likely N-dealkylation sites (N-methyl/N-ethyl adjacent to an activating group) is 1. The van der Waals surface area contributed by atoms with Crippen molar-refractivity contribution >= 4 is 17.6 Å². The minimum Gasteiger partial charge on any atom is -0.466 e. The van der Waals surface area contributed by atoms with Crippen LogP contribution in [-0.2, 0) is 31.9 Å². The summed E-state index contributed by atoms with van der Waals surface area (Å²) in [6.07, 6.45) is 1.35. The van der Waals surface area contributed by atoms with Gasteiger partial charge < -0.3 is 14.8 Å². The predicted molar refractivity (Wildman–Crippen MR) is 94.4 cm³/mol. The van der Waals surface area contributed by atoms with E-state index in [2.05, 4.69) is 5.32 Å². The van der Waals surface area contributed by atoms with Gasteiger partial charge in [0.25, 0.3) is 0 Å². The molecule has 1 aliphatic heterocycles. The Bertz CT molecular complexity index is 714. The summed E-state index contributed by atoms with van der Waals surface area (Å²) in [7, 11) is 3.67. The Hall–Kier alpha value is -1.99. The van der Waals surface area contributed by atoms with E-state index < -0.39 is 11.4 Å². The fourth-order valence-corrected chi connectivity index (χ4v) is 3.72. The number of nitrogens with one attached hydrogen (secondary N) is 1. The van der Waals surface area contributed by atoms with Crippen LogP contribution < -0.4 is 5.32 Å². The zero-order chi connectivity index (χ0) is 18.9. The lowest BCUT2D eigenvalue weighted by Gasteiger charge is -2.33. The van der Waals surface area contributed by atoms with Crippen LogP contribution in [0.2, 0.25) is 0 Å². The molecule has 1 heterocycles. The van der Waals surface area contributed by atoms with E-state index in [1.54, 1.807) is 13.0 Å². The van der Waals surface area contributed by atoms with Crippen molar-refractivity contribution in [3.63, 3.8) is 0 Å². The third-order valence-electron chi connectivity index (χ3n) is 5.36. The molecule has 1 aromatic rings. The molecule has 1 amide bonds. The molecular formula is C19H25FN2O4. The highest BCUT2D eigenvalue weighted by atomic mass is 19.1. The minimum absolute atomic E-state index is 0.209. The molecule has 1 unspecified atom stereocenters. The molecule has 0 bridgehead atoms. The molecule has 0 radical (unpaired) electrons. The number of ether oxygens (including phenoxy) is 2. The first-order chi connectivity index (χ1) is 12.4. The van der Waals surface area contributed by atoms with Crippen LogP contribution in [0.1, 0.15) is 24.5 Å². The third kappa shape index (κ3) is 3.33. The lowest BCUT2D eigenvalue weighted by molar-refractivity contribution is -0.147. The Morgan fingerprint density at radius 1 is 1.38 bits per heavy atom. The second-order valence-corrected chi connectivity index (χ2v) is 7.14. The minimum atomic E-state index is -0.747. The molecule has 2 aliphatic rings. The van der Waals surface area contributed by atoms with Gasteiger partial charge in [0, 0.05) is 18.7 Å². The summed E-state index contributed by atoms with van der Waals surface area (Å²) >= 11 is 0. The Labute approximate surface area is 152 Å². The number of nitrogens with zero attached hydrogens (tertiary/aromatic N) is 1. The van der Waals surface area contributed by atoms with Gasteiger partial charge in [-0.15, -0.1) is 0 Å². The largest absolute Gasteiger partial charge is 0.466 e. The first-order valence-electron chi connectivity index (χ1n) is 8.92. The molecule has 1 aromatic carbocycles. The molecular weight excluding hydrogens is 339 g/mol. The Balaban J connectivity index is 1.78. The summed E-state index contributed by atoms with van der Waals surface area (Å²) in [5.74, 6) is -1.27. The SMILES string of the molecule is CCOC(=O)C1Cc2cc(NC(=O)[C@@]3(N(C)C)CCOC3)cc(F)c2C1. The van der Waals surface area contributed by atoms with Crippen LogP contribution in [0.15, 0.2) is 12.1 Å². The maximum absolute atomic E-state index is 14.5. The van der Waals surface area contributed by atoms with E-state index in [0.29, 0.717) is 50.3 Å². The molecule has 26 heavy (non-hydrogen) atoms. The highest BCUT2D eigenvalue weighted by Gasteiger charge is 2.44. The second-order valence-electron chi connectivity index (χ2n) is 7.14. The van der Waals surface area contributed by atoms with Gasteiger partial charge in [-0.1, -0.05) is 0 Å². The van der Waals surface area contributed by atoms with Crippen LogP contribution in [0.3, 0.4) is 0 Å². The van der Waals surface area contributed by atoms with Crippen molar-refractivity contribution in [2.75, 3.05) is 39.2 Å². The molecule has 142 valence electrons. The molecule has 1 aliphatic carbocycles. The molecule has 0 spiro atoms. The van der Waals surface area contributed by atoms with E-state index >= 15 is 0 Å². The maximum Gasteiger partial charge on any atom is 0.309 e. The van der Waals surface area contributed by atoms with Crippen LogP contribution in [0.5, 0.6) is 0 Å². The summed E-state index contributed by atoms with van der Waals surface area (Å²) in [6.45, 7) is 2.89. The number of hydrogen-bond acceptors (Lipinski definition) is 5. The number of halogens is 1. The third-order valence-corrected chi connectivity index (χ3v) is 5.36. The number of fused-ring (bicyclic) bond motifs is 1. The molecule has 1 N–H and O–H groups in total. The fourth-order valence-electron chi connectivity index (χ4n) is 3.72. The van der Waals surface area contributed by atoms with E-state index in [-0.39, 0.29) is 17.8 Å². The van der Waals surface area contributed by atoms with E-state index in [1.165, 1.54) is 6.07 Å². The van der Waals surface area contributed by atoms with Crippen molar-refractivity contribution in [1.82, 2.24) is 4.90 Å². The Morgan fingerprint density at radius 2 is 2.15 bits per heavy atom. The molecule has 1 fully saturated rings. The number of anilines is 1. The van der Waals surface area contributed by atoms with Crippen LogP contribution in [0.4, 0.5) is 10.1 Å². The van der Waals surface area contributed by atoms with Crippen molar-refractivity contribution in [3.8, 4) is 0 Å². The van der Waals surface area contributed by atoms with Crippen molar-refractivity contribution in [2.24, 2.45) is 5.92 Å². The van der Waals surface area contributed by atoms with Crippen LogP contribution in [0, 0.1) is 11.7 Å². The normalized spacial score (nSPS) is 24.6. The highest BCUT2D eigenvalue weighted by Crippen LogP contribution is 2.33. The van der Waals surface area contributed by atoms with Gasteiger partial charge in [-0.25, -0.2) is 4.39 Å². The van der Waals surface area contributed by atoms with Gasteiger partial charge in [-0.2, -0.15) is 0 Å². The molecule has 0 saturated carbocycles. The van der Waals surface area contributed by atoms with E-state index in [1.807, 2.05) is 19.0 Å². The number of carbonyl (C=O) groups excluding carboxylic acids is 2. The zero-order valence-electron chi connectivity index (χ0n) is 15.4. The predicted octanol–water partition coefficient (Wildman–Crippen LogP) is 1.76.